The molecule has 2 rings (SSSR count). The molecule has 0 aromatic rings. The highest BCUT2D eigenvalue weighted by atomic mass is 16.6. The van der Waals surface area contributed by atoms with E-state index in [0.29, 0.717) is 6.42 Å². The number of rotatable bonds is 0. The van der Waals surface area contributed by atoms with Gasteiger partial charge in [0.1, 0.15) is 12.2 Å². The van der Waals surface area contributed by atoms with E-state index < -0.39 is 6.10 Å². The number of fused-ring (bicyclic) bond motifs is 1. The van der Waals surface area contributed by atoms with E-state index in [4.69, 9.17) is 4.74 Å². The second-order valence-electron chi connectivity index (χ2n) is 3.13. The number of Topliss-reactive ketones (excluding diaryl/α,β-unsaturated/α-hetero) is 1. The molecule has 0 spiro atoms. The Bertz CT molecular complexity index is 174. The summed E-state index contributed by atoms with van der Waals surface area (Å²) in [5.74, 6) is 0.147. The molecule has 0 aromatic heterocycles. The Kier molecular flexibility index (Phi) is 1.13. The Morgan fingerprint density at radius 3 is 3.10 bits per heavy atom. The zero-order valence-electron chi connectivity index (χ0n) is 5.78. The Balaban J connectivity index is 2.12. The molecule has 2 aliphatic rings. The summed E-state index contributed by atoms with van der Waals surface area (Å²) >= 11 is 0. The van der Waals surface area contributed by atoms with Gasteiger partial charge in [-0.05, 0) is 6.42 Å². The van der Waals surface area contributed by atoms with E-state index in [1.165, 1.54) is 0 Å². The van der Waals surface area contributed by atoms with E-state index >= 15 is 0 Å². The molecule has 4 atom stereocenters. The summed E-state index contributed by atoms with van der Waals surface area (Å²) in [6, 6.07) is 0. The van der Waals surface area contributed by atoms with Crippen LogP contribution < -0.4 is 0 Å². The maximum atomic E-state index is 11.1. The Morgan fingerprint density at radius 2 is 2.40 bits per heavy atom. The molecule has 1 saturated heterocycles. The third-order valence-electron chi connectivity index (χ3n) is 2.27. The second kappa shape index (κ2) is 1.80. The first-order chi connectivity index (χ1) is 4.70. The highest BCUT2D eigenvalue weighted by Crippen LogP contribution is 2.36. The molecule has 1 aliphatic heterocycles. The zero-order chi connectivity index (χ0) is 7.30. The van der Waals surface area contributed by atoms with Gasteiger partial charge < -0.3 is 9.84 Å². The van der Waals surface area contributed by atoms with Gasteiger partial charge in [-0.1, -0.05) is 6.92 Å². The fourth-order valence-corrected chi connectivity index (χ4v) is 1.54. The highest BCUT2D eigenvalue weighted by Gasteiger charge is 2.54. The number of carbonyl (C=O) groups is 1. The monoisotopic (exact) mass is 142 g/mol. The van der Waals surface area contributed by atoms with Crippen LogP contribution in [0.4, 0.5) is 0 Å². The number of hydrogen-bond donors (Lipinski definition) is 1. The summed E-state index contributed by atoms with van der Waals surface area (Å²) in [7, 11) is 0. The topological polar surface area (TPSA) is 49.8 Å². The van der Waals surface area contributed by atoms with Gasteiger partial charge in [-0.3, -0.25) is 4.79 Å². The van der Waals surface area contributed by atoms with Crippen LogP contribution in [0.3, 0.4) is 0 Å². The van der Waals surface area contributed by atoms with Crippen molar-refractivity contribution in [2.45, 2.75) is 31.7 Å². The molecule has 56 valence electrons. The van der Waals surface area contributed by atoms with Crippen LogP contribution >= 0.6 is 0 Å². The standard InChI is InChI=1S/C7H10O3/c1-3-2-4(8)6-7(10-6)5(3)9/h3-4,6-8H,2H2,1H3/t3-,4-,6+,7-/m0/s1. The number of hydrogen-bond acceptors (Lipinski definition) is 3. The molecule has 3 heteroatoms. The van der Waals surface area contributed by atoms with Crippen molar-refractivity contribution in [2.75, 3.05) is 0 Å². The molecule has 0 aromatic carbocycles. The lowest BCUT2D eigenvalue weighted by atomic mass is 9.88. The van der Waals surface area contributed by atoms with Gasteiger partial charge in [0.25, 0.3) is 0 Å². The van der Waals surface area contributed by atoms with Gasteiger partial charge in [-0.2, -0.15) is 0 Å². The van der Waals surface area contributed by atoms with Crippen molar-refractivity contribution in [2.24, 2.45) is 5.92 Å². The lowest BCUT2D eigenvalue weighted by Crippen LogP contribution is -2.33. The first-order valence-electron chi connectivity index (χ1n) is 3.57. The number of ether oxygens (including phenoxy) is 1. The van der Waals surface area contributed by atoms with Crippen molar-refractivity contribution < 1.29 is 14.6 Å². The normalized spacial score (nSPS) is 52.4. The van der Waals surface area contributed by atoms with Crippen LogP contribution in [0, 0.1) is 5.92 Å². The van der Waals surface area contributed by atoms with Crippen LogP contribution in [0.25, 0.3) is 0 Å². The molecule has 1 N–H and O–H groups in total. The van der Waals surface area contributed by atoms with E-state index in [9.17, 15) is 9.90 Å². The van der Waals surface area contributed by atoms with E-state index in [1.54, 1.807) is 0 Å². The minimum atomic E-state index is -0.405. The fourth-order valence-electron chi connectivity index (χ4n) is 1.54. The van der Waals surface area contributed by atoms with Crippen LogP contribution in [0.1, 0.15) is 13.3 Å². The van der Waals surface area contributed by atoms with E-state index in [-0.39, 0.29) is 23.9 Å². The summed E-state index contributed by atoms with van der Waals surface area (Å²) in [4.78, 5) is 11.1. The number of ketones is 1. The number of aliphatic hydroxyl groups excluding tert-OH is 1. The average molecular weight is 142 g/mol. The first-order valence-corrected chi connectivity index (χ1v) is 3.57. The van der Waals surface area contributed by atoms with Gasteiger partial charge in [-0.25, -0.2) is 0 Å². The molecule has 1 aliphatic carbocycles. The van der Waals surface area contributed by atoms with Crippen LogP contribution in [-0.2, 0) is 9.53 Å². The number of epoxide rings is 1. The van der Waals surface area contributed by atoms with E-state index in [2.05, 4.69) is 0 Å². The molecule has 1 heterocycles. The van der Waals surface area contributed by atoms with Crippen molar-refractivity contribution in [1.29, 1.82) is 0 Å². The molecule has 0 amide bonds. The van der Waals surface area contributed by atoms with Gasteiger partial charge >= 0.3 is 0 Å². The molecule has 1 saturated carbocycles. The van der Waals surface area contributed by atoms with E-state index in [0.717, 1.165) is 0 Å². The molecule has 10 heavy (non-hydrogen) atoms. The van der Waals surface area contributed by atoms with Crippen molar-refractivity contribution in [3.05, 3.63) is 0 Å². The van der Waals surface area contributed by atoms with E-state index in [1.807, 2.05) is 6.92 Å². The largest absolute Gasteiger partial charge is 0.390 e. The molecular formula is C7H10O3. The Morgan fingerprint density at radius 1 is 1.70 bits per heavy atom. The van der Waals surface area contributed by atoms with Crippen LogP contribution in [0.5, 0.6) is 0 Å². The second-order valence-corrected chi connectivity index (χ2v) is 3.13. The fraction of sp³-hybridized carbons (Fsp3) is 0.857. The third kappa shape index (κ3) is 0.707. The summed E-state index contributed by atoms with van der Waals surface area (Å²) in [6.45, 7) is 1.84. The summed E-state index contributed by atoms with van der Waals surface area (Å²) in [5.41, 5.74) is 0. The lowest BCUT2D eigenvalue weighted by molar-refractivity contribution is -0.125. The predicted octanol–water partition coefficient (Wildman–Crippen LogP) is -0.276. The SMILES string of the molecule is C[C@H]1C[C@H](O)[C@H]2O[C@H]2C1=O. The van der Waals surface area contributed by atoms with Gasteiger partial charge in [0, 0.05) is 5.92 Å². The van der Waals surface area contributed by atoms with Crippen molar-refractivity contribution in [1.82, 2.24) is 0 Å². The van der Waals surface area contributed by atoms with Crippen LogP contribution in [0.15, 0.2) is 0 Å². The lowest BCUT2D eigenvalue weighted by Gasteiger charge is -2.16. The highest BCUT2D eigenvalue weighted by molar-refractivity contribution is 5.89. The maximum Gasteiger partial charge on any atom is 0.167 e. The zero-order valence-corrected chi connectivity index (χ0v) is 5.78. The summed E-state index contributed by atoms with van der Waals surface area (Å²) in [5, 5.41) is 9.23. The van der Waals surface area contributed by atoms with Crippen LogP contribution in [-0.4, -0.2) is 29.2 Å². The van der Waals surface area contributed by atoms with Crippen LogP contribution in [0.2, 0.25) is 0 Å². The number of carbonyl (C=O) groups excluding carboxylic acids is 1. The summed E-state index contributed by atoms with van der Waals surface area (Å²) in [6.07, 6.45) is -0.264. The Hall–Kier alpha value is -0.410. The number of aliphatic hydroxyl groups is 1. The quantitative estimate of drug-likeness (QED) is 0.473. The minimum Gasteiger partial charge on any atom is -0.390 e. The first kappa shape index (κ1) is 6.31. The van der Waals surface area contributed by atoms with Crippen molar-refractivity contribution in [3.63, 3.8) is 0 Å². The summed E-state index contributed by atoms with van der Waals surface area (Å²) < 4.78 is 4.97. The van der Waals surface area contributed by atoms with Gasteiger partial charge in [0.2, 0.25) is 0 Å². The molecule has 0 bridgehead atoms. The Labute approximate surface area is 59.0 Å². The maximum absolute atomic E-state index is 11.1. The molecule has 3 nitrogen and oxygen atoms in total. The molecular weight excluding hydrogens is 132 g/mol. The molecule has 2 fully saturated rings. The van der Waals surface area contributed by atoms with Gasteiger partial charge in [0.05, 0.1) is 6.10 Å². The minimum absolute atomic E-state index is 0.0150. The van der Waals surface area contributed by atoms with Gasteiger partial charge in [-0.15, -0.1) is 0 Å². The average Bonchev–Trinajstić information content (AvgIpc) is 2.61. The predicted molar refractivity (Wildman–Crippen MR) is 33.5 cm³/mol. The smallest absolute Gasteiger partial charge is 0.167 e. The van der Waals surface area contributed by atoms with Crippen molar-refractivity contribution >= 4 is 5.78 Å². The molecule has 0 radical (unpaired) electrons. The molecule has 0 unspecified atom stereocenters. The third-order valence-corrected chi connectivity index (χ3v) is 2.27. The van der Waals surface area contributed by atoms with Gasteiger partial charge in [0.15, 0.2) is 5.78 Å². The van der Waals surface area contributed by atoms with Crippen molar-refractivity contribution in [3.8, 4) is 0 Å².